The number of hydrogen-bond acceptors (Lipinski definition) is 2. The lowest BCUT2D eigenvalue weighted by molar-refractivity contribution is -0.596. The molecule has 4 aromatic carbocycles. The molecular weight excluding hydrogens is 693 g/mol. The van der Waals surface area contributed by atoms with Crippen molar-refractivity contribution < 1.29 is 27.9 Å². The maximum atomic E-state index is 12.7. The lowest BCUT2D eigenvalue weighted by Gasteiger charge is -2.07. The van der Waals surface area contributed by atoms with E-state index in [1.807, 2.05) is 119 Å². The third-order valence-corrected chi connectivity index (χ3v) is 9.57. The zero-order valence-corrected chi connectivity index (χ0v) is 30.6. The Morgan fingerprint density at radius 1 is 0.321 bits per heavy atom. The lowest BCUT2D eigenvalue weighted by atomic mass is 10.1. The van der Waals surface area contributed by atoms with E-state index in [0.717, 1.165) is 45.0 Å². The highest BCUT2D eigenvalue weighted by Crippen LogP contribution is 2.19. The average Bonchev–Trinajstić information content (AvgIpc) is 3.27. The molecule has 4 heterocycles. The number of rotatable bonds is 11. The van der Waals surface area contributed by atoms with Crippen LogP contribution in [-0.4, -0.2) is 11.8 Å². The maximum absolute atomic E-state index is 12.7. The monoisotopic (exact) mass is 732 g/mol. The molecule has 2 amide bonds. The van der Waals surface area contributed by atoms with Gasteiger partial charge in [-0.3, -0.25) is 9.59 Å². The molecule has 8 rings (SSSR count). The molecule has 0 saturated heterocycles. The number of para-hydroxylation sites is 2. The second kappa shape index (κ2) is 16.6. The zero-order chi connectivity index (χ0) is 38.1. The number of anilines is 2. The Balaban J connectivity index is 0.789. The molecule has 8 aromatic rings. The van der Waals surface area contributed by atoms with Gasteiger partial charge in [-0.05, 0) is 46.5 Å². The van der Waals surface area contributed by atoms with Crippen molar-refractivity contribution in [1.82, 2.24) is 0 Å². The summed E-state index contributed by atoms with van der Waals surface area (Å²) in [6, 6.07) is 52.5. The molecule has 0 fully saturated rings. The number of benzene rings is 4. The SMILES string of the molecule is O=C(CCC(=O)Nc1ccc(-[n+]2ccc(-c3cc[n+](-c4ccccc4)cc3)cc2)cc1)Nc1ccc(-[n+]2ccc(-c3cc[n+](-c4ccccc4)cc3)cc2)cc1. The minimum atomic E-state index is -0.220. The molecule has 8 nitrogen and oxygen atoms in total. The highest BCUT2D eigenvalue weighted by Gasteiger charge is 2.13. The van der Waals surface area contributed by atoms with Crippen LogP contribution in [-0.2, 0) is 9.59 Å². The summed E-state index contributed by atoms with van der Waals surface area (Å²) in [4.78, 5) is 25.4. The fourth-order valence-electron chi connectivity index (χ4n) is 6.47. The van der Waals surface area contributed by atoms with Gasteiger partial charge in [0.2, 0.25) is 34.6 Å². The fourth-order valence-corrected chi connectivity index (χ4v) is 6.47. The van der Waals surface area contributed by atoms with Gasteiger partial charge in [0.1, 0.15) is 0 Å². The second-order valence-electron chi connectivity index (χ2n) is 13.3. The van der Waals surface area contributed by atoms with Crippen LogP contribution in [0.2, 0.25) is 0 Å². The summed E-state index contributed by atoms with van der Waals surface area (Å²) in [5.41, 5.74) is 10.0. The minimum Gasteiger partial charge on any atom is -0.326 e. The minimum absolute atomic E-state index is 0.0720. The first kappa shape index (κ1) is 35.4. The van der Waals surface area contributed by atoms with E-state index in [2.05, 4.69) is 117 Å². The molecule has 4 aromatic heterocycles. The van der Waals surface area contributed by atoms with Crippen LogP contribution in [0.15, 0.2) is 207 Å². The van der Waals surface area contributed by atoms with Gasteiger partial charge in [0.25, 0.3) is 0 Å². The molecule has 0 atom stereocenters. The van der Waals surface area contributed by atoms with Crippen LogP contribution in [0, 0.1) is 0 Å². The number of amides is 2. The van der Waals surface area contributed by atoms with E-state index in [9.17, 15) is 9.59 Å². The molecule has 0 saturated carbocycles. The van der Waals surface area contributed by atoms with Gasteiger partial charge in [-0.2, -0.15) is 18.3 Å². The Morgan fingerprint density at radius 2 is 0.571 bits per heavy atom. The van der Waals surface area contributed by atoms with Crippen LogP contribution >= 0.6 is 0 Å². The molecule has 0 radical (unpaired) electrons. The Kier molecular flexibility index (Phi) is 10.5. The van der Waals surface area contributed by atoms with E-state index in [1.165, 1.54) is 0 Å². The Hall–Kier alpha value is -7.58. The largest absolute Gasteiger partial charge is 0.326 e. The Labute approximate surface area is 325 Å². The van der Waals surface area contributed by atoms with E-state index in [4.69, 9.17) is 0 Å². The third-order valence-electron chi connectivity index (χ3n) is 9.57. The zero-order valence-electron chi connectivity index (χ0n) is 30.6. The highest BCUT2D eigenvalue weighted by atomic mass is 16.2. The number of pyridine rings is 4. The van der Waals surface area contributed by atoms with Gasteiger partial charge in [-0.15, -0.1) is 0 Å². The summed E-state index contributed by atoms with van der Waals surface area (Å²) in [6.07, 6.45) is 16.5. The van der Waals surface area contributed by atoms with Crippen LogP contribution in [0.4, 0.5) is 11.4 Å². The molecule has 0 aliphatic carbocycles. The van der Waals surface area contributed by atoms with Gasteiger partial charge in [0.15, 0.2) is 49.6 Å². The van der Waals surface area contributed by atoms with E-state index >= 15 is 0 Å². The smallest absolute Gasteiger partial charge is 0.224 e. The van der Waals surface area contributed by atoms with E-state index in [-0.39, 0.29) is 24.7 Å². The summed E-state index contributed by atoms with van der Waals surface area (Å²) in [7, 11) is 0. The molecule has 56 heavy (non-hydrogen) atoms. The first-order chi connectivity index (χ1) is 27.5. The summed E-state index contributed by atoms with van der Waals surface area (Å²) in [5.74, 6) is -0.440. The first-order valence-corrected chi connectivity index (χ1v) is 18.5. The second-order valence-corrected chi connectivity index (χ2v) is 13.3. The molecule has 0 spiro atoms. The Bertz CT molecular complexity index is 2360. The molecular formula is C48H40N6O2+4. The number of aromatic nitrogens is 4. The number of carbonyl (C=O) groups is 2. The van der Waals surface area contributed by atoms with Crippen LogP contribution < -0.4 is 28.9 Å². The molecule has 0 aliphatic rings. The van der Waals surface area contributed by atoms with Crippen molar-refractivity contribution in [3.63, 3.8) is 0 Å². The van der Waals surface area contributed by atoms with Crippen molar-refractivity contribution in [2.45, 2.75) is 12.8 Å². The molecule has 8 heteroatoms. The number of nitrogens with one attached hydrogen (secondary N) is 2. The predicted molar refractivity (Wildman–Crippen MR) is 216 cm³/mol. The van der Waals surface area contributed by atoms with Crippen molar-refractivity contribution >= 4 is 23.2 Å². The lowest BCUT2D eigenvalue weighted by Crippen LogP contribution is -2.29. The molecule has 0 aliphatic heterocycles. The standard InChI is InChI=1S/C48H38N6O2/c55-47(49-41-11-15-45(16-12-41)53-33-25-39(26-34-53)37-21-29-51(30-22-37)43-7-3-1-4-8-43)19-20-48(56)50-42-13-17-46(18-14-42)54-35-27-40(28-36-54)38-23-31-52(32-24-38)44-9-5-2-6-10-44/h1-18,21-36H,19-20H2/q+2/p+2. The van der Waals surface area contributed by atoms with Crippen LogP contribution in [0.1, 0.15) is 12.8 Å². The molecule has 0 unspecified atom stereocenters. The predicted octanol–water partition coefficient (Wildman–Crippen LogP) is 7.48. The van der Waals surface area contributed by atoms with Crippen molar-refractivity contribution in [1.29, 1.82) is 0 Å². The fraction of sp³-hybridized carbons (Fsp3) is 0.0417. The quantitative estimate of drug-likeness (QED) is 0.135. The maximum Gasteiger partial charge on any atom is 0.224 e. The summed E-state index contributed by atoms with van der Waals surface area (Å²) in [6.45, 7) is 0. The number of carbonyl (C=O) groups excluding carboxylic acids is 2. The number of nitrogens with zero attached hydrogens (tertiary/aromatic N) is 4. The van der Waals surface area contributed by atoms with Gasteiger partial charge >= 0.3 is 0 Å². The van der Waals surface area contributed by atoms with Gasteiger partial charge in [0.05, 0.1) is 0 Å². The first-order valence-electron chi connectivity index (χ1n) is 18.5. The van der Waals surface area contributed by atoms with E-state index in [1.54, 1.807) is 0 Å². The van der Waals surface area contributed by atoms with E-state index in [0.29, 0.717) is 11.4 Å². The van der Waals surface area contributed by atoms with E-state index < -0.39 is 0 Å². The summed E-state index contributed by atoms with van der Waals surface area (Å²) >= 11 is 0. The van der Waals surface area contributed by atoms with Gasteiger partial charge in [0, 0.05) is 121 Å². The van der Waals surface area contributed by atoms with Gasteiger partial charge in [-0.1, -0.05) is 36.4 Å². The summed E-state index contributed by atoms with van der Waals surface area (Å²) in [5, 5.41) is 5.80. The normalized spacial score (nSPS) is 10.8. The highest BCUT2D eigenvalue weighted by molar-refractivity contribution is 5.96. The number of hydrogen-bond donors (Lipinski definition) is 2. The van der Waals surface area contributed by atoms with Crippen molar-refractivity contribution in [3.05, 3.63) is 207 Å². The molecule has 2 N–H and O–H groups in total. The van der Waals surface area contributed by atoms with Gasteiger partial charge < -0.3 is 10.6 Å². The van der Waals surface area contributed by atoms with Crippen molar-refractivity contribution in [2.75, 3.05) is 10.6 Å². The molecule has 270 valence electrons. The third kappa shape index (κ3) is 8.62. The van der Waals surface area contributed by atoms with Crippen LogP contribution in [0.3, 0.4) is 0 Å². The van der Waals surface area contributed by atoms with Crippen LogP contribution in [0.5, 0.6) is 0 Å². The molecule has 0 bridgehead atoms. The average molecular weight is 733 g/mol. The van der Waals surface area contributed by atoms with Crippen molar-refractivity contribution in [2.24, 2.45) is 0 Å². The topological polar surface area (TPSA) is 73.7 Å². The van der Waals surface area contributed by atoms with Crippen molar-refractivity contribution in [3.8, 4) is 45.0 Å². The van der Waals surface area contributed by atoms with Crippen LogP contribution in [0.25, 0.3) is 45.0 Å². The Morgan fingerprint density at radius 3 is 0.839 bits per heavy atom. The van der Waals surface area contributed by atoms with Gasteiger partial charge in [-0.25, -0.2) is 0 Å². The summed E-state index contributed by atoms with van der Waals surface area (Å²) < 4.78 is 8.24.